The number of rotatable bonds is 2. The Hall–Kier alpha value is -0.860. The molecule has 0 aromatic heterocycles. The van der Waals surface area contributed by atoms with Crippen LogP contribution in [0.4, 0.5) is 0 Å². The molecule has 2 fully saturated rings. The van der Waals surface area contributed by atoms with Crippen molar-refractivity contribution in [1.82, 2.24) is 10.2 Å². The number of hydrogen-bond acceptors (Lipinski definition) is 2. The molecule has 2 saturated heterocycles. The van der Waals surface area contributed by atoms with Crippen molar-refractivity contribution in [2.24, 2.45) is 5.92 Å². The summed E-state index contributed by atoms with van der Waals surface area (Å²) in [7, 11) is 0. The number of nitrogens with zero attached hydrogens (tertiary/aromatic N) is 1. The molecule has 2 atom stereocenters. The van der Waals surface area contributed by atoms with Gasteiger partial charge in [-0.15, -0.1) is 0 Å². The lowest BCUT2D eigenvalue weighted by Crippen LogP contribution is -2.45. The fourth-order valence-electron chi connectivity index (χ4n) is 3.08. The fourth-order valence-corrected chi connectivity index (χ4v) is 3.08. The monoisotopic (exact) mass is 216 g/mol. The van der Waals surface area contributed by atoms with Crippen molar-refractivity contribution in [2.75, 3.05) is 19.6 Å². The summed E-state index contributed by atoms with van der Waals surface area (Å²) in [6, 6.07) is 11.6. The maximum absolute atomic E-state index is 3.63. The molecule has 0 amide bonds. The van der Waals surface area contributed by atoms with Gasteiger partial charge in [0, 0.05) is 19.1 Å². The van der Waals surface area contributed by atoms with Crippen LogP contribution in [-0.2, 0) is 6.54 Å². The molecule has 1 aromatic rings. The van der Waals surface area contributed by atoms with Gasteiger partial charge in [0.1, 0.15) is 0 Å². The normalized spacial score (nSPS) is 30.2. The van der Waals surface area contributed by atoms with Crippen LogP contribution in [0.1, 0.15) is 18.4 Å². The Balaban J connectivity index is 1.60. The van der Waals surface area contributed by atoms with Gasteiger partial charge in [-0.2, -0.15) is 0 Å². The molecule has 3 rings (SSSR count). The Morgan fingerprint density at radius 1 is 1.19 bits per heavy atom. The lowest BCUT2D eigenvalue weighted by Gasteiger charge is -2.34. The van der Waals surface area contributed by atoms with Crippen LogP contribution in [0.15, 0.2) is 30.3 Å². The average Bonchev–Trinajstić information content (AvgIpc) is 2.77. The molecular weight excluding hydrogens is 196 g/mol. The summed E-state index contributed by atoms with van der Waals surface area (Å²) in [5.74, 6) is 0.951. The van der Waals surface area contributed by atoms with Crippen molar-refractivity contribution >= 4 is 0 Å². The Morgan fingerprint density at radius 3 is 2.94 bits per heavy atom. The smallest absolute Gasteiger partial charge is 0.0234 e. The largest absolute Gasteiger partial charge is 0.312 e. The Bertz CT molecular complexity index is 336. The lowest BCUT2D eigenvalue weighted by molar-refractivity contribution is 0.159. The quantitative estimate of drug-likeness (QED) is 0.812. The third-order valence-corrected chi connectivity index (χ3v) is 4.01. The van der Waals surface area contributed by atoms with Crippen molar-refractivity contribution < 1.29 is 0 Å². The summed E-state index contributed by atoms with van der Waals surface area (Å²) >= 11 is 0. The molecule has 0 aliphatic carbocycles. The average molecular weight is 216 g/mol. The molecule has 2 heteroatoms. The maximum atomic E-state index is 3.63. The number of benzene rings is 1. The number of nitrogens with one attached hydrogen (secondary N) is 1. The second-order valence-electron chi connectivity index (χ2n) is 5.12. The summed E-state index contributed by atoms with van der Waals surface area (Å²) < 4.78 is 0. The maximum Gasteiger partial charge on any atom is 0.0234 e. The van der Waals surface area contributed by atoms with Gasteiger partial charge in [0.05, 0.1) is 0 Å². The molecule has 1 N–H and O–H groups in total. The number of piperidine rings is 1. The fraction of sp³-hybridized carbons (Fsp3) is 0.571. The van der Waals surface area contributed by atoms with Gasteiger partial charge in [0.15, 0.2) is 0 Å². The van der Waals surface area contributed by atoms with Crippen LogP contribution in [-0.4, -0.2) is 30.6 Å². The summed E-state index contributed by atoms with van der Waals surface area (Å²) in [4.78, 5) is 2.59. The van der Waals surface area contributed by atoms with Crippen LogP contribution in [0.2, 0.25) is 0 Å². The first-order valence-corrected chi connectivity index (χ1v) is 6.41. The molecule has 0 bridgehead atoms. The van der Waals surface area contributed by atoms with Crippen LogP contribution >= 0.6 is 0 Å². The van der Waals surface area contributed by atoms with E-state index in [1.54, 1.807) is 0 Å². The van der Waals surface area contributed by atoms with E-state index in [2.05, 4.69) is 40.5 Å². The van der Waals surface area contributed by atoms with Crippen LogP contribution in [0.25, 0.3) is 0 Å². The van der Waals surface area contributed by atoms with E-state index < -0.39 is 0 Å². The molecule has 86 valence electrons. The number of likely N-dealkylation sites (tertiary alicyclic amines) is 1. The number of hydrogen-bond donors (Lipinski definition) is 1. The van der Waals surface area contributed by atoms with Gasteiger partial charge in [-0.05, 0) is 37.4 Å². The summed E-state index contributed by atoms with van der Waals surface area (Å²) in [6.45, 7) is 4.86. The van der Waals surface area contributed by atoms with Gasteiger partial charge in [-0.3, -0.25) is 4.90 Å². The second-order valence-corrected chi connectivity index (χ2v) is 5.12. The first-order chi connectivity index (χ1) is 7.92. The predicted molar refractivity (Wildman–Crippen MR) is 66.2 cm³/mol. The molecule has 0 radical (unpaired) electrons. The van der Waals surface area contributed by atoms with Gasteiger partial charge < -0.3 is 5.32 Å². The summed E-state index contributed by atoms with van der Waals surface area (Å²) in [5, 5.41) is 3.63. The van der Waals surface area contributed by atoms with Crippen molar-refractivity contribution in [3.8, 4) is 0 Å². The van der Waals surface area contributed by atoms with E-state index in [0.29, 0.717) is 0 Å². The third kappa shape index (κ3) is 2.13. The van der Waals surface area contributed by atoms with Gasteiger partial charge in [-0.25, -0.2) is 0 Å². The summed E-state index contributed by atoms with van der Waals surface area (Å²) in [5.41, 5.74) is 1.44. The minimum Gasteiger partial charge on any atom is -0.312 e. The molecule has 2 nitrogen and oxygen atoms in total. The topological polar surface area (TPSA) is 15.3 Å². The van der Waals surface area contributed by atoms with E-state index in [4.69, 9.17) is 0 Å². The second kappa shape index (κ2) is 4.56. The highest BCUT2D eigenvalue weighted by Crippen LogP contribution is 2.25. The minimum absolute atomic E-state index is 0.762. The van der Waals surface area contributed by atoms with Crippen LogP contribution < -0.4 is 5.32 Å². The molecule has 2 heterocycles. The van der Waals surface area contributed by atoms with E-state index in [1.807, 2.05) is 0 Å². The molecule has 2 aliphatic rings. The van der Waals surface area contributed by atoms with Crippen molar-refractivity contribution in [3.05, 3.63) is 35.9 Å². The highest BCUT2D eigenvalue weighted by molar-refractivity contribution is 5.14. The zero-order chi connectivity index (χ0) is 10.8. The van der Waals surface area contributed by atoms with E-state index in [1.165, 1.54) is 38.0 Å². The third-order valence-electron chi connectivity index (χ3n) is 4.01. The van der Waals surface area contributed by atoms with Crippen LogP contribution in [0.5, 0.6) is 0 Å². The molecule has 16 heavy (non-hydrogen) atoms. The van der Waals surface area contributed by atoms with E-state index >= 15 is 0 Å². The molecular formula is C14H20N2. The first-order valence-electron chi connectivity index (χ1n) is 6.41. The molecule has 0 unspecified atom stereocenters. The SMILES string of the molecule is c1ccc(CN2CC[C@@H]3CCN[C@H]3C2)cc1. The van der Waals surface area contributed by atoms with Crippen LogP contribution in [0.3, 0.4) is 0 Å². The van der Waals surface area contributed by atoms with Crippen molar-refractivity contribution in [2.45, 2.75) is 25.4 Å². The van der Waals surface area contributed by atoms with E-state index in [-0.39, 0.29) is 0 Å². The summed E-state index contributed by atoms with van der Waals surface area (Å²) in [6.07, 6.45) is 2.77. The Morgan fingerprint density at radius 2 is 2.06 bits per heavy atom. The van der Waals surface area contributed by atoms with Gasteiger partial charge in [-0.1, -0.05) is 30.3 Å². The molecule has 2 aliphatic heterocycles. The Kier molecular flexibility index (Phi) is 2.94. The molecule has 0 saturated carbocycles. The van der Waals surface area contributed by atoms with Crippen molar-refractivity contribution in [3.63, 3.8) is 0 Å². The minimum atomic E-state index is 0.762. The highest BCUT2D eigenvalue weighted by Gasteiger charge is 2.32. The Labute approximate surface area is 97.6 Å². The highest BCUT2D eigenvalue weighted by atomic mass is 15.2. The van der Waals surface area contributed by atoms with Crippen LogP contribution in [0, 0.1) is 5.92 Å². The van der Waals surface area contributed by atoms with Gasteiger partial charge >= 0.3 is 0 Å². The molecule has 0 spiro atoms. The zero-order valence-corrected chi connectivity index (χ0v) is 9.73. The molecule has 1 aromatic carbocycles. The van der Waals surface area contributed by atoms with E-state index in [9.17, 15) is 0 Å². The van der Waals surface area contributed by atoms with Crippen molar-refractivity contribution in [1.29, 1.82) is 0 Å². The van der Waals surface area contributed by atoms with E-state index in [0.717, 1.165) is 18.5 Å². The lowest BCUT2D eigenvalue weighted by atomic mass is 9.92. The first kappa shape index (κ1) is 10.3. The standard InChI is InChI=1S/C14H20N2/c1-2-4-12(5-3-1)10-16-9-7-13-6-8-15-14(13)11-16/h1-5,13-15H,6-11H2/t13-,14-/m0/s1. The zero-order valence-electron chi connectivity index (χ0n) is 9.73. The van der Waals surface area contributed by atoms with Gasteiger partial charge in [0.25, 0.3) is 0 Å². The predicted octanol–water partition coefficient (Wildman–Crippen LogP) is 1.87. The number of fused-ring (bicyclic) bond motifs is 1. The van der Waals surface area contributed by atoms with Gasteiger partial charge in [0.2, 0.25) is 0 Å².